The maximum atomic E-state index is 12.7. The lowest BCUT2D eigenvalue weighted by Crippen LogP contribution is -2.60. The Balaban J connectivity index is 1.76. The highest BCUT2D eigenvalue weighted by Crippen LogP contribution is 2.39. The van der Waals surface area contributed by atoms with Crippen LogP contribution in [-0.2, 0) is 14.3 Å². The van der Waals surface area contributed by atoms with Crippen LogP contribution < -0.4 is 26.8 Å². The summed E-state index contributed by atoms with van der Waals surface area (Å²) in [6.45, 7) is -1.35. The molecule has 6 unspecified atom stereocenters. The molecule has 0 bridgehead atoms. The van der Waals surface area contributed by atoms with Crippen molar-refractivity contribution in [2.75, 3.05) is 13.2 Å². The second-order valence-corrected chi connectivity index (χ2v) is 9.18. The monoisotopic (exact) mass is 593 g/mol. The molecule has 1 fully saturated rings. The van der Waals surface area contributed by atoms with Gasteiger partial charge in [-0.3, -0.25) is 14.4 Å². The van der Waals surface area contributed by atoms with Crippen molar-refractivity contribution in [1.29, 1.82) is 0 Å². The second kappa shape index (κ2) is 13.8. The number of rotatable bonds is 11. The molecule has 1 aliphatic heterocycles. The third-order valence-electron chi connectivity index (χ3n) is 6.07. The molecule has 0 radical (unpaired) electrons. The van der Waals surface area contributed by atoms with Crippen molar-refractivity contribution >= 4 is 29.4 Å². The Morgan fingerprint density at radius 3 is 2.38 bits per heavy atom. The predicted molar refractivity (Wildman–Crippen MR) is 142 cm³/mol. The number of hydrogen-bond donors (Lipinski definition) is 11. The van der Waals surface area contributed by atoms with E-state index >= 15 is 0 Å². The Morgan fingerprint density at radius 2 is 1.74 bits per heavy atom. The number of aromatic hydroxyl groups is 2. The van der Waals surface area contributed by atoms with Gasteiger partial charge in [0.25, 0.3) is 5.91 Å². The summed E-state index contributed by atoms with van der Waals surface area (Å²) in [5.74, 6) is -4.93. The third kappa shape index (κ3) is 7.95. The fraction of sp³-hybridized carbons (Fsp3) is 0.360. The van der Waals surface area contributed by atoms with Crippen LogP contribution in [0.15, 0.2) is 41.4 Å². The van der Waals surface area contributed by atoms with Crippen LogP contribution in [0.2, 0.25) is 0 Å². The zero-order valence-corrected chi connectivity index (χ0v) is 21.8. The van der Waals surface area contributed by atoms with Crippen LogP contribution in [0.25, 0.3) is 0 Å². The van der Waals surface area contributed by atoms with E-state index in [1.54, 1.807) is 6.07 Å². The minimum Gasteiger partial charge on any atom is -0.507 e. The van der Waals surface area contributed by atoms with Gasteiger partial charge in [-0.05, 0) is 24.3 Å². The number of carboxylic acids is 1. The van der Waals surface area contributed by atoms with Gasteiger partial charge in [0.15, 0.2) is 17.5 Å². The minimum absolute atomic E-state index is 0.124. The maximum Gasteiger partial charge on any atom is 0.305 e. The number of nitrogens with zero attached hydrogens (tertiary/aromatic N) is 1. The average molecular weight is 594 g/mol. The highest BCUT2D eigenvalue weighted by atomic mass is 16.7. The molecule has 13 N–H and O–H groups in total. The molecule has 42 heavy (non-hydrogen) atoms. The number of carbonyl (C=O) groups excluding carboxylic acids is 2. The number of hydrogen-bond acceptors (Lipinski definition) is 12. The molecule has 2 amide bonds. The first-order valence-electron chi connectivity index (χ1n) is 12.3. The van der Waals surface area contributed by atoms with Crippen molar-refractivity contribution in [3.8, 4) is 17.2 Å². The van der Waals surface area contributed by atoms with Crippen LogP contribution in [0.5, 0.6) is 17.2 Å². The van der Waals surface area contributed by atoms with Crippen LogP contribution in [0.1, 0.15) is 28.4 Å². The topological polar surface area (TPSA) is 300 Å². The van der Waals surface area contributed by atoms with Crippen LogP contribution in [-0.4, -0.2) is 103 Å². The van der Waals surface area contributed by atoms with Crippen molar-refractivity contribution in [2.24, 2.45) is 16.5 Å². The Labute approximate surface area is 237 Å². The number of guanidine groups is 1. The van der Waals surface area contributed by atoms with E-state index in [1.807, 2.05) is 0 Å². The number of aliphatic hydroxyl groups is 4. The van der Waals surface area contributed by atoms with E-state index in [2.05, 4.69) is 15.6 Å². The van der Waals surface area contributed by atoms with Gasteiger partial charge in [-0.15, -0.1) is 0 Å². The van der Waals surface area contributed by atoms with Gasteiger partial charge in [0.1, 0.15) is 30.2 Å². The summed E-state index contributed by atoms with van der Waals surface area (Å²) in [6, 6.07) is 6.20. The number of phenols is 2. The van der Waals surface area contributed by atoms with E-state index in [9.17, 15) is 50.1 Å². The Kier molecular flexibility index (Phi) is 10.5. The molecule has 17 heteroatoms. The van der Waals surface area contributed by atoms with Crippen LogP contribution in [0, 0.1) is 0 Å². The predicted octanol–water partition coefficient (Wildman–Crippen LogP) is -2.76. The fourth-order valence-corrected chi connectivity index (χ4v) is 4.02. The number of ether oxygens (including phenoxy) is 2. The van der Waals surface area contributed by atoms with Crippen LogP contribution >= 0.6 is 0 Å². The number of aliphatic imine (C=N–C) groups is 1. The zero-order chi connectivity index (χ0) is 31.1. The first kappa shape index (κ1) is 31.8. The van der Waals surface area contributed by atoms with Gasteiger partial charge in [0.2, 0.25) is 12.2 Å². The first-order valence-corrected chi connectivity index (χ1v) is 12.3. The van der Waals surface area contributed by atoms with Crippen molar-refractivity contribution in [3.05, 3.63) is 47.5 Å². The lowest BCUT2D eigenvalue weighted by molar-refractivity contribution is -0.277. The SMILES string of the molecule is NC(N)=Nc1cccc(C(=O)NCC(=O)NC(CC(=O)O)c2cc(OC3OC(CO)C(O)C(O)C3O)c(O)cc2O)c1. The molecule has 0 saturated carbocycles. The molecule has 0 spiro atoms. The Morgan fingerprint density at radius 1 is 1.02 bits per heavy atom. The van der Waals surface area contributed by atoms with E-state index in [0.717, 1.165) is 12.1 Å². The quantitative estimate of drug-likeness (QED) is 0.0929. The average Bonchev–Trinajstić information content (AvgIpc) is 2.92. The van der Waals surface area contributed by atoms with Gasteiger partial charge in [-0.1, -0.05) is 6.07 Å². The standard InChI is InChI=1S/C25H31N5O12/c26-25(27)29-11-3-1-2-10(4-11)23(40)28-8-18(34)30-13(6-19(35)36)12-5-16(15(33)7-14(12)32)41-24-22(39)21(38)20(37)17(9-31)42-24/h1-5,7,13,17,20-22,24,31-33,37-39H,6,8-9H2,(H,28,40)(H,30,34)(H,35,36)(H4,26,27,29). The summed E-state index contributed by atoms with van der Waals surface area (Å²) in [4.78, 5) is 40.5. The largest absolute Gasteiger partial charge is 0.507 e. The second-order valence-electron chi connectivity index (χ2n) is 9.18. The maximum absolute atomic E-state index is 12.7. The number of benzene rings is 2. The molecule has 228 valence electrons. The molecule has 0 aromatic heterocycles. The van der Waals surface area contributed by atoms with Crippen LogP contribution in [0.4, 0.5) is 5.69 Å². The summed E-state index contributed by atoms with van der Waals surface area (Å²) in [6.07, 6.45) is -9.09. The number of nitrogens with one attached hydrogen (secondary N) is 2. The van der Waals surface area contributed by atoms with Gasteiger partial charge in [-0.2, -0.15) is 0 Å². The van der Waals surface area contributed by atoms with E-state index < -0.39 is 91.4 Å². The molecular formula is C25H31N5O12. The normalized spacial score (nSPS) is 22.4. The van der Waals surface area contributed by atoms with Gasteiger partial charge in [-0.25, -0.2) is 4.99 Å². The van der Waals surface area contributed by atoms with E-state index in [-0.39, 0.29) is 22.8 Å². The van der Waals surface area contributed by atoms with Gasteiger partial charge in [0, 0.05) is 17.2 Å². The molecule has 1 heterocycles. The lowest BCUT2D eigenvalue weighted by Gasteiger charge is -2.39. The molecule has 1 saturated heterocycles. The van der Waals surface area contributed by atoms with Crippen molar-refractivity contribution in [2.45, 2.75) is 43.2 Å². The molecule has 0 aliphatic carbocycles. The van der Waals surface area contributed by atoms with Crippen molar-refractivity contribution in [3.63, 3.8) is 0 Å². The molecule has 6 atom stereocenters. The number of phenolic OH excluding ortho intramolecular Hbond substituents is 2. The number of aliphatic hydroxyl groups excluding tert-OH is 4. The lowest BCUT2D eigenvalue weighted by atomic mass is 9.99. The smallest absolute Gasteiger partial charge is 0.305 e. The third-order valence-corrected chi connectivity index (χ3v) is 6.07. The number of carbonyl (C=O) groups is 3. The number of carboxylic acid groups (broad SMARTS) is 1. The summed E-state index contributed by atoms with van der Waals surface area (Å²) >= 11 is 0. The summed E-state index contributed by atoms with van der Waals surface area (Å²) in [5.41, 5.74) is 10.8. The van der Waals surface area contributed by atoms with Gasteiger partial charge >= 0.3 is 5.97 Å². The highest BCUT2D eigenvalue weighted by molar-refractivity contribution is 5.97. The molecule has 3 rings (SSSR count). The summed E-state index contributed by atoms with van der Waals surface area (Å²) in [5, 5.41) is 74.3. The number of nitrogens with two attached hydrogens (primary N) is 2. The molecule has 2 aromatic rings. The van der Waals surface area contributed by atoms with Gasteiger partial charge < -0.3 is 67.3 Å². The van der Waals surface area contributed by atoms with E-state index in [4.69, 9.17) is 20.9 Å². The van der Waals surface area contributed by atoms with E-state index in [0.29, 0.717) is 0 Å². The zero-order valence-electron chi connectivity index (χ0n) is 21.8. The molecular weight excluding hydrogens is 562 g/mol. The number of aliphatic carboxylic acids is 1. The highest BCUT2D eigenvalue weighted by Gasteiger charge is 2.45. The Hall–Kier alpha value is -4.68. The van der Waals surface area contributed by atoms with Crippen molar-refractivity contribution in [1.82, 2.24) is 10.6 Å². The summed E-state index contributed by atoms with van der Waals surface area (Å²) in [7, 11) is 0. The summed E-state index contributed by atoms with van der Waals surface area (Å²) < 4.78 is 10.6. The van der Waals surface area contributed by atoms with Crippen LogP contribution in [0.3, 0.4) is 0 Å². The minimum atomic E-state index is -1.84. The van der Waals surface area contributed by atoms with Crippen molar-refractivity contribution < 1.29 is 59.6 Å². The van der Waals surface area contributed by atoms with E-state index in [1.165, 1.54) is 18.2 Å². The first-order chi connectivity index (χ1) is 19.8. The molecule has 2 aromatic carbocycles. The molecule has 1 aliphatic rings. The Bertz CT molecular complexity index is 1330. The molecule has 17 nitrogen and oxygen atoms in total. The fourth-order valence-electron chi connectivity index (χ4n) is 4.02. The number of amides is 2. The van der Waals surface area contributed by atoms with Gasteiger partial charge in [0.05, 0.1) is 31.3 Å².